The Morgan fingerprint density at radius 1 is 1.00 bits per heavy atom. The number of esters is 1. The van der Waals surface area contributed by atoms with Gasteiger partial charge in [-0.05, 0) is 32.9 Å². The van der Waals surface area contributed by atoms with Gasteiger partial charge >= 0.3 is 11.9 Å². The Hall–Kier alpha value is -2.58. The van der Waals surface area contributed by atoms with Gasteiger partial charge in [0.1, 0.15) is 24.7 Å². The van der Waals surface area contributed by atoms with E-state index < -0.39 is 11.9 Å². The van der Waals surface area contributed by atoms with E-state index in [0.29, 0.717) is 23.5 Å². The summed E-state index contributed by atoms with van der Waals surface area (Å²) in [6.07, 6.45) is 0. The molecule has 3 N–H and O–H groups in total. The van der Waals surface area contributed by atoms with Crippen molar-refractivity contribution in [1.29, 1.82) is 0 Å². The van der Waals surface area contributed by atoms with Crippen LogP contribution in [0.4, 0.5) is 0 Å². The van der Waals surface area contributed by atoms with Crippen molar-refractivity contribution in [3.63, 3.8) is 0 Å². The topological polar surface area (TPSA) is 130 Å². The first-order valence-electron chi connectivity index (χ1n) is 7.14. The summed E-state index contributed by atoms with van der Waals surface area (Å²) in [5.41, 5.74) is 1.21. The number of aliphatic hydroxyl groups excluding tert-OH is 2. The van der Waals surface area contributed by atoms with E-state index in [9.17, 15) is 9.59 Å². The van der Waals surface area contributed by atoms with Crippen LogP contribution >= 0.6 is 0 Å². The summed E-state index contributed by atoms with van der Waals surface area (Å²) in [6, 6.07) is 3.12. The summed E-state index contributed by atoms with van der Waals surface area (Å²) < 4.78 is 14.6. The number of hydrogen-bond acceptors (Lipinski definition) is 7. The van der Waals surface area contributed by atoms with E-state index in [1.807, 2.05) is 0 Å². The lowest BCUT2D eigenvalue weighted by molar-refractivity contribution is 0.0484. The van der Waals surface area contributed by atoms with E-state index in [4.69, 9.17) is 28.9 Å². The second kappa shape index (κ2) is 8.90. The van der Waals surface area contributed by atoms with Gasteiger partial charge in [-0.3, -0.25) is 0 Å². The van der Waals surface area contributed by atoms with Gasteiger partial charge in [0.15, 0.2) is 0 Å². The van der Waals surface area contributed by atoms with E-state index in [1.54, 1.807) is 26.8 Å². The van der Waals surface area contributed by atoms with Crippen LogP contribution in [0.3, 0.4) is 0 Å². The normalized spacial score (nSPS) is 10.0. The quantitative estimate of drug-likeness (QED) is 0.705. The van der Waals surface area contributed by atoms with Crippen molar-refractivity contribution in [1.82, 2.24) is 0 Å². The van der Waals surface area contributed by atoms with E-state index in [1.165, 1.54) is 6.07 Å². The minimum atomic E-state index is -1.11. The largest absolute Gasteiger partial charge is 0.475 e. The zero-order valence-corrected chi connectivity index (χ0v) is 13.7. The highest BCUT2D eigenvalue weighted by Crippen LogP contribution is 2.15. The smallest absolute Gasteiger partial charge is 0.374 e. The highest BCUT2D eigenvalue weighted by Gasteiger charge is 2.16. The third-order valence-electron chi connectivity index (χ3n) is 2.90. The number of aromatic carboxylic acids is 1. The SMILES string of the molecule is CCOC(=O)c1oc(CO)cc1C.Cc1cc(CO)oc1C(=O)O. The molecule has 0 amide bonds. The fourth-order valence-corrected chi connectivity index (χ4v) is 1.86. The molecule has 2 heterocycles. The Balaban J connectivity index is 0.000000243. The summed E-state index contributed by atoms with van der Waals surface area (Å²) in [7, 11) is 0. The molecule has 0 bridgehead atoms. The van der Waals surface area contributed by atoms with Gasteiger partial charge in [0.25, 0.3) is 0 Å². The molecule has 0 unspecified atom stereocenters. The van der Waals surface area contributed by atoms with E-state index in [2.05, 4.69) is 0 Å². The standard InChI is InChI=1S/C9H12O4.C7H8O4/c1-3-12-9(11)8-6(2)4-7(5-10)13-8;1-4-2-5(3-8)11-6(4)7(9)10/h4,10H,3,5H2,1-2H3;2,8H,3H2,1H3,(H,9,10). The van der Waals surface area contributed by atoms with E-state index >= 15 is 0 Å². The van der Waals surface area contributed by atoms with Crippen molar-refractivity contribution >= 4 is 11.9 Å². The van der Waals surface area contributed by atoms with Crippen molar-refractivity contribution in [2.24, 2.45) is 0 Å². The van der Waals surface area contributed by atoms with Crippen molar-refractivity contribution in [2.75, 3.05) is 6.61 Å². The predicted octanol–water partition coefficient (Wildman–Crippen LogP) is 2.04. The first-order chi connectivity index (χ1) is 11.3. The van der Waals surface area contributed by atoms with E-state index in [-0.39, 0.29) is 30.5 Å². The van der Waals surface area contributed by atoms with Gasteiger partial charge in [0, 0.05) is 11.1 Å². The maximum Gasteiger partial charge on any atom is 0.374 e. The van der Waals surface area contributed by atoms with Crippen molar-refractivity contribution in [3.8, 4) is 0 Å². The Labute approximate surface area is 138 Å². The maximum atomic E-state index is 11.2. The lowest BCUT2D eigenvalue weighted by atomic mass is 10.3. The zero-order chi connectivity index (χ0) is 18.3. The lowest BCUT2D eigenvalue weighted by Gasteiger charge is -1.98. The molecule has 0 radical (unpaired) electrons. The van der Waals surface area contributed by atoms with Crippen molar-refractivity contribution in [3.05, 3.63) is 46.3 Å². The Kier molecular flexibility index (Phi) is 7.22. The summed E-state index contributed by atoms with van der Waals surface area (Å²) in [4.78, 5) is 21.6. The van der Waals surface area contributed by atoms with Crippen LogP contribution in [0.1, 0.15) is 50.7 Å². The number of carbonyl (C=O) groups excluding carboxylic acids is 1. The number of hydrogen-bond donors (Lipinski definition) is 3. The first kappa shape index (κ1) is 19.5. The Morgan fingerprint density at radius 2 is 1.46 bits per heavy atom. The first-order valence-corrected chi connectivity index (χ1v) is 7.14. The van der Waals surface area contributed by atoms with Crippen molar-refractivity contribution < 1.29 is 38.5 Å². The monoisotopic (exact) mass is 340 g/mol. The molecular formula is C16H20O8. The summed E-state index contributed by atoms with van der Waals surface area (Å²) in [5.74, 6) is -0.873. The van der Waals surface area contributed by atoms with E-state index in [0.717, 1.165) is 0 Å². The maximum absolute atomic E-state index is 11.2. The molecule has 0 aliphatic rings. The number of carbonyl (C=O) groups is 2. The molecular weight excluding hydrogens is 320 g/mol. The highest BCUT2D eigenvalue weighted by molar-refractivity contribution is 5.88. The molecule has 2 aromatic heterocycles. The van der Waals surface area contributed by atoms with Gasteiger partial charge in [-0.1, -0.05) is 0 Å². The number of carboxylic acids is 1. The second-order valence-corrected chi connectivity index (χ2v) is 4.79. The average Bonchev–Trinajstić information content (AvgIpc) is 3.10. The Morgan fingerprint density at radius 3 is 1.79 bits per heavy atom. The average molecular weight is 340 g/mol. The van der Waals surface area contributed by atoms with Crippen LogP contribution in [0.25, 0.3) is 0 Å². The molecule has 24 heavy (non-hydrogen) atoms. The van der Waals surface area contributed by atoms with Crippen LogP contribution in [0, 0.1) is 13.8 Å². The van der Waals surface area contributed by atoms with Crippen LogP contribution in [-0.2, 0) is 18.0 Å². The zero-order valence-electron chi connectivity index (χ0n) is 13.7. The molecule has 0 fully saturated rings. The summed E-state index contributed by atoms with van der Waals surface area (Å²) >= 11 is 0. The lowest BCUT2D eigenvalue weighted by Crippen LogP contribution is -2.04. The van der Waals surface area contributed by atoms with Crippen LogP contribution in [0.15, 0.2) is 21.0 Å². The number of furan rings is 2. The molecule has 0 aliphatic carbocycles. The molecule has 2 rings (SSSR count). The molecule has 0 atom stereocenters. The van der Waals surface area contributed by atoms with Gasteiger partial charge in [-0.25, -0.2) is 9.59 Å². The number of aryl methyl sites for hydroxylation is 2. The minimum Gasteiger partial charge on any atom is -0.475 e. The predicted molar refractivity (Wildman–Crippen MR) is 81.7 cm³/mol. The summed E-state index contributed by atoms with van der Waals surface area (Å²) in [6.45, 7) is 4.91. The fourth-order valence-electron chi connectivity index (χ4n) is 1.86. The molecule has 8 nitrogen and oxygen atoms in total. The molecule has 8 heteroatoms. The van der Waals surface area contributed by atoms with Gasteiger partial charge in [0.05, 0.1) is 6.61 Å². The van der Waals surface area contributed by atoms with Gasteiger partial charge in [0.2, 0.25) is 11.5 Å². The van der Waals surface area contributed by atoms with Gasteiger partial charge in [-0.15, -0.1) is 0 Å². The molecule has 0 spiro atoms. The van der Waals surface area contributed by atoms with Crippen LogP contribution in [0.2, 0.25) is 0 Å². The molecule has 0 aliphatic heterocycles. The fraction of sp³-hybridized carbons (Fsp3) is 0.375. The second-order valence-electron chi connectivity index (χ2n) is 4.79. The van der Waals surface area contributed by atoms with Crippen LogP contribution in [-0.4, -0.2) is 33.9 Å². The molecule has 0 saturated carbocycles. The number of ether oxygens (including phenoxy) is 1. The third-order valence-corrected chi connectivity index (χ3v) is 2.90. The van der Waals surface area contributed by atoms with Crippen LogP contribution < -0.4 is 0 Å². The minimum absolute atomic E-state index is 0.103. The van der Waals surface area contributed by atoms with Crippen LogP contribution in [0.5, 0.6) is 0 Å². The molecule has 132 valence electrons. The number of aliphatic hydroxyl groups is 2. The van der Waals surface area contributed by atoms with Gasteiger partial charge in [-0.2, -0.15) is 0 Å². The van der Waals surface area contributed by atoms with Crippen molar-refractivity contribution in [2.45, 2.75) is 34.0 Å². The number of carboxylic acid groups (broad SMARTS) is 1. The third kappa shape index (κ3) is 4.97. The molecule has 2 aromatic rings. The van der Waals surface area contributed by atoms with Gasteiger partial charge < -0.3 is 28.9 Å². The summed E-state index contributed by atoms with van der Waals surface area (Å²) in [5, 5.41) is 25.8. The molecule has 0 aromatic carbocycles. The number of rotatable bonds is 5. The molecule has 0 saturated heterocycles. The Bertz CT molecular complexity index is 695. The highest BCUT2D eigenvalue weighted by atomic mass is 16.5.